The van der Waals surface area contributed by atoms with E-state index < -0.39 is 6.23 Å². The minimum absolute atomic E-state index is 0.172. The predicted molar refractivity (Wildman–Crippen MR) is 53.5 cm³/mol. The van der Waals surface area contributed by atoms with Crippen LogP contribution in [0.25, 0.3) is 0 Å². The molecule has 0 rings (SSSR count). The van der Waals surface area contributed by atoms with E-state index in [-0.39, 0.29) is 12.5 Å². The number of nitrogens with two attached hydrogens (primary N) is 1. The molecule has 0 saturated carbocycles. The van der Waals surface area contributed by atoms with Gasteiger partial charge in [0, 0.05) is 18.7 Å². The molecule has 0 heterocycles. The van der Waals surface area contributed by atoms with E-state index in [0.29, 0.717) is 25.1 Å². The van der Waals surface area contributed by atoms with E-state index in [9.17, 15) is 4.79 Å². The number of aliphatic hydroxyl groups excluding tert-OH is 1. The van der Waals surface area contributed by atoms with Gasteiger partial charge in [0.2, 0.25) is 0 Å². The van der Waals surface area contributed by atoms with Gasteiger partial charge in [0.15, 0.2) is 0 Å². The van der Waals surface area contributed by atoms with Gasteiger partial charge in [0.25, 0.3) is 0 Å². The maximum atomic E-state index is 10.9. The van der Waals surface area contributed by atoms with Crippen molar-refractivity contribution in [3.8, 4) is 0 Å². The number of nitrogens with one attached hydrogen (secondary N) is 1. The second-order valence-electron chi connectivity index (χ2n) is 2.98. The lowest BCUT2D eigenvalue weighted by molar-refractivity contribution is -0.139. The molecule has 82 valence electrons. The lowest BCUT2D eigenvalue weighted by atomic mass is 10.3. The average molecular weight is 202 g/mol. The first-order valence-electron chi connectivity index (χ1n) is 4.52. The summed E-state index contributed by atoms with van der Waals surface area (Å²) in [6.07, 6.45) is -0.0531. The molecule has 1 unspecified atom stereocenters. The van der Waals surface area contributed by atoms with E-state index in [0.717, 1.165) is 0 Å². The first-order valence-corrected chi connectivity index (χ1v) is 4.52. The van der Waals surface area contributed by atoms with E-state index in [4.69, 9.17) is 15.6 Å². The molecule has 5 nitrogen and oxygen atoms in total. The van der Waals surface area contributed by atoms with Crippen molar-refractivity contribution in [3.05, 3.63) is 12.2 Å². The largest absolute Gasteiger partial charge is 0.462 e. The Morgan fingerprint density at radius 1 is 1.71 bits per heavy atom. The maximum Gasteiger partial charge on any atom is 0.333 e. The molecule has 0 aromatic carbocycles. The summed E-state index contributed by atoms with van der Waals surface area (Å²) in [6, 6.07) is 0. The van der Waals surface area contributed by atoms with Gasteiger partial charge in [-0.15, -0.1) is 0 Å². The van der Waals surface area contributed by atoms with Crippen LogP contribution in [0, 0.1) is 0 Å². The Hall–Kier alpha value is -0.910. The Balaban J connectivity index is 3.30. The Morgan fingerprint density at radius 2 is 2.36 bits per heavy atom. The molecule has 0 spiro atoms. The maximum absolute atomic E-state index is 10.9. The van der Waals surface area contributed by atoms with Gasteiger partial charge in [-0.1, -0.05) is 6.58 Å². The number of rotatable bonds is 7. The highest BCUT2D eigenvalue weighted by atomic mass is 16.5. The molecule has 0 aliphatic rings. The van der Waals surface area contributed by atoms with Crippen LogP contribution in [-0.4, -0.2) is 37.0 Å². The van der Waals surface area contributed by atoms with E-state index in [1.54, 1.807) is 6.92 Å². The summed E-state index contributed by atoms with van der Waals surface area (Å²) in [5.41, 5.74) is 5.55. The molecular weight excluding hydrogens is 184 g/mol. The fourth-order valence-corrected chi connectivity index (χ4v) is 0.712. The molecule has 0 bridgehead atoms. The topological polar surface area (TPSA) is 84.6 Å². The van der Waals surface area contributed by atoms with Gasteiger partial charge >= 0.3 is 5.97 Å². The van der Waals surface area contributed by atoms with Gasteiger partial charge < -0.3 is 15.6 Å². The molecule has 0 radical (unpaired) electrons. The van der Waals surface area contributed by atoms with E-state index in [1.807, 2.05) is 0 Å². The molecule has 0 aliphatic carbocycles. The summed E-state index contributed by atoms with van der Waals surface area (Å²) in [5.74, 6) is -0.385. The van der Waals surface area contributed by atoms with Crippen molar-refractivity contribution >= 4 is 5.97 Å². The molecule has 4 N–H and O–H groups in total. The van der Waals surface area contributed by atoms with Gasteiger partial charge in [-0.05, 0) is 13.3 Å². The molecule has 0 fully saturated rings. The van der Waals surface area contributed by atoms with Crippen LogP contribution in [0.3, 0.4) is 0 Å². The molecule has 0 saturated heterocycles. The lowest BCUT2D eigenvalue weighted by Crippen LogP contribution is -2.36. The molecule has 5 heteroatoms. The molecule has 0 aromatic rings. The van der Waals surface area contributed by atoms with Gasteiger partial charge in [-0.2, -0.15) is 0 Å². The van der Waals surface area contributed by atoms with Crippen LogP contribution in [0.5, 0.6) is 0 Å². The van der Waals surface area contributed by atoms with E-state index >= 15 is 0 Å². The van der Waals surface area contributed by atoms with Gasteiger partial charge in [-0.3, -0.25) is 5.32 Å². The Bertz CT molecular complexity index is 194. The van der Waals surface area contributed by atoms with Crippen LogP contribution in [-0.2, 0) is 9.53 Å². The quantitative estimate of drug-likeness (QED) is 0.221. The third kappa shape index (κ3) is 6.59. The van der Waals surface area contributed by atoms with Crippen molar-refractivity contribution in [1.29, 1.82) is 0 Å². The smallest absolute Gasteiger partial charge is 0.333 e. The Morgan fingerprint density at radius 3 is 2.86 bits per heavy atom. The van der Waals surface area contributed by atoms with Crippen molar-refractivity contribution < 1.29 is 14.6 Å². The zero-order valence-electron chi connectivity index (χ0n) is 8.45. The lowest BCUT2D eigenvalue weighted by Gasteiger charge is -2.09. The minimum atomic E-state index is -0.688. The number of hydrogen-bond acceptors (Lipinski definition) is 5. The predicted octanol–water partition coefficient (Wildman–Crippen LogP) is -0.637. The van der Waals surface area contributed by atoms with Crippen molar-refractivity contribution in [2.75, 3.05) is 19.7 Å². The highest BCUT2D eigenvalue weighted by molar-refractivity contribution is 5.86. The summed E-state index contributed by atoms with van der Waals surface area (Å²) < 4.78 is 4.83. The fourth-order valence-electron chi connectivity index (χ4n) is 0.712. The standard InChI is InChI=1S/C9H18N2O3/c1-7(2)9(13)14-5-3-4-11-8(12)6-10/h8,11-12H,1,3-6,10H2,2H3. The molecule has 1 atom stereocenters. The summed E-state index contributed by atoms with van der Waals surface area (Å²) >= 11 is 0. The second-order valence-corrected chi connectivity index (χ2v) is 2.98. The Kier molecular flexibility index (Phi) is 7.00. The molecular formula is C9H18N2O3. The van der Waals surface area contributed by atoms with Gasteiger partial charge in [0.1, 0.15) is 6.23 Å². The van der Waals surface area contributed by atoms with E-state index in [2.05, 4.69) is 11.9 Å². The van der Waals surface area contributed by atoms with Gasteiger partial charge in [-0.25, -0.2) is 4.79 Å². The molecule has 0 aromatic heterocycles. The summed E-state index contributed by atoms with van der Waals surface area (Å²) in [6.45, 7) is 6.09. The van der Waals surface area contributed by atoms with Crippen molar-refractivity contribution in [3.63, 3.8) is 0 Å². The summed E-state index contributed by atoms with van der Waals surface area (Å²) in [7, 11) is 0. The van der Waals surface area contributed by atoms with Crippen LogP contribution in [0.2, 0.25) is 0 Å². The number of hydrogen-bond donors (Lipinski definition) is 3. The third-order valence-corrected chi connectivity index (χ3v) is 1.51. The van der Waals surface area contributed by atoms with Crippen molar-refractivity contribution in [1.82, 2.24) is 5.32 Å². The highest BCUT2D eigenvalue weighted by Crippen LogP contribution is 1.92. The highest BCUT2D eigenvalue weighted by Gasteiger charge is 2.02. The van der Waals surface area contributed by atoms with Crippen molar-refractivity contribution in [2.45, 2.75) is 19.6 Å². The van der Waals surface area contributed by atoms with E-state index in [1.165, 1.54) is 0 Å². The Labute approximate surface area is 83.9 Å². The molecule has 0 amide bonds. The first kappa shape index (κ1) is 13.1. The number of aliphatic hydroxyl groups is 1. The second kappa shape index (κ2) is 7.49. The van der Waals surface area contributed by atoms with Crippen molar-refractivity contribution in [2.24, 2.45) is 5.73 Å². The zero-order valence-corrected chi connectivity index (χ0v) is 8.45. The monoisotopic (exact) mass is 202 g/mol. The van der Waals surface area contributed by atoms with Crippen LogP contribution in [0.1, 0.15) is 13.3 Å². The van der Waals surface area contributed by atoms with Gasteiger partial charge in [0.05, 0.1) is 6.61 Å². The zero-order chi connectivity index (χ0) is 11.0. The molecule has 14 heavy (non-hydrogen) atoms. The van der Waals surface area contributed by atoms with Crippen LogP contribution in [0.4, 0.5) is 0 Å². The molecule has 0 aliphatic heterocycles. The fraction of sp³-hybridized carbons (Fsp3) is 0.667. The number of ether oxygens (including phenoxy) is 1. The number of esters is 1. The van der Waals surface area contributed by atoms with Crippen LogP contribution in [0.15, 0.2) is 12.2 Å². The summed E-state index contributed by atoms with van der Waals surface area (Å²) in [4.78, 5) is 10.9. The number of carbonyl (C=O) groups excluding carboxylic acids is 1. The van der Waals surface area contributed by atoms with Crippen LogP contribution < -0.4 is 11.1 Å². The third-order valence-electron chi connectivity index (χ3n) is 1.51. The first-order chi connectivity index (χ1) is 6.57. The average Bonchev–Trinajstić information content (AvgIpc) is 2.16. The minimum Gasteiger partial charge on any atom is -0.462 e. The normalized spacial score (nSPS) is 12.2. The SMILES string of the molecule is C=C(C)C(=O)OCCCNC(O)CN. The summed E-state index contributed by atoms with van der Waals surface area (Å²) in [5, 5.41) is 11.7. The van der Waals surface area contributed by atoms with Crippen LogP contribution >= 0.6 is 0 Å². The number of carbonyl (C=O) groups is 1.